The number of aliphatic carboxylic acids is 1. The molecule has 0 spiro atoms. The lowest BCUT2D eigenvalue weighted by Gasteiger charge is -2.13. The number of thiazole rings is 1. The molecule has 0 saturated carbocycles. The maximum absolute atomic E-state index is 11.2. The molecule has 0 amide bonds. The van der Waals surface area contributed by atoms with Crippen molar-refractivity contribution >= 4 is 27.5 Å². The lowest BCUT2D eigenvalue weighted by atomic mass is 10.1. The molecule has 0 fully saturated rings. The molecule has 0 aliphatic heterocycles. The fourth-order valence-corrected chi connectivity index (χ4v) is 4.47. The van der Waals surface area contributed by atoms with Crippen LogP contribution in [-0.4, -0.2) is 42.0 Å². The number of carboxylic acids is 1. The molecule has 6 nitrogen and oxygen atoms in total. The Balaban J connectivity index is 1.23. The van der Waals surface area contributed by atoms with Gasteiger partial charge >= 0.3 is 5.97 Å². The van der Waals surface area contributed by atoms with Crippen molar-refractivity contribution in [1.82, 2.24) is 4.98 Å². The summed E-state index contributed by atoms with van der Waals surface area (Å²) in [5.74, 6) is 0.598. The number of carbonyl (C=O) groups is 1. The van der Waals surface area contributed by atoms with Gasteiger partial charge in [0.25, 0.3) is 0 Å². The van der Waals surface area contributed by atoms with Crippen molar-refractivity contribution in [2.45, 2.75) is 25.9 Å². The first-order chi connectivity index (χ1) is 16.6. The molecule has 1 N–H and O–H groups in total. The van der Waals surface area contributed by atoms with E-state index in [-0.39, 0.29) is 0 Å². The van der Waals surface area contributed by atoms with Crippen molar-refractivity contribution < 1.29 is 24.1 Å². The molecular formula is C27H27NO5S. The van der Waals surface area contributed by atoms with E-state index in [9.17, 15) is 9.90 Å². The van der Waals surface area contributed by atoms with Gasteiger partial charge in [-0.25, -0.2) is 9.78 Å². The molecule has 4 aromatic rings. The van der Waals surface area contributed by atoms with Gasteiger partial charge in [0.05, 0.1) is 23.4 Å². The van der Waals surface area contributed by atoms with Gasteiger partial charge in [-0.2, -0.15) is 0 Å². The van der Waals surface area contributed by atoms with Crippen molar-refractivity contribution in [3.63, 3.8) is 0 Å². The molecule has 34 heavy (non-hydrogen) atoms. The van der Waals surface area contributed by atoms with Gasteiger partial charge in [-0.3, -0.25) is 0 Å². The average Bonchev–Trinajstić information content (AvgIpc) is 3.29. The molecule has 7 heteroatoms. The van der Waals surface area contributed by atoms with Gasteiger partial charge in [0.15, 0.2) is 6.10 Å². The molecule has 0 unspecified atom stereocenters. The van der Waals surface area contributed by atoms with Crippen LogP contribution in [0, 0.1) is 0 Å². The summed E-state index contributed by atoms with van der Waals surface area (Å²) in [5.41, 5.74) is 2.95. The molecule has 176 valence electrons. The van der Waals surface area contributed by atoms with Crippen LogP contribution >= 0.6 is 11.3 Å². The second-order valence-electron chi connectivity index (χ2n) is 7.70. The fourth-order valence-electron chi connectivity index (χ4n) is 3.51. The number of aromatic nitrogens is 1. The second-order valence-corrected chi connectivity index (χ2v) is 8.73. The molecule has 3 aromatic carbocycles. The van der Waals surface area contributed by atoms with E-state index in [2.05, 4.69) is 6.07 Å². The highest BCUT2D eigenvalue weighted by Crippen LogP contribution is 2.31. The summed E-state index contributed by atoms with van der Waals surface area (Å²) in [6, 6.07) is 23.6. The van der Waals surface area contributed by atoms with Crippen LogP contribution in [0.2, 0.25) is 0 Å². The Hall–Kier alpha value is -3.42. The van der Waals surface area contributed by atoms with E-state index < -0.39 is 12.1 Å². The predicted molar refractivity (Wildman–Crippen MR) is 134 cm³/mol. The lowest BCUT2D eigenvalue weighted by Crippen LogP contribution is -2.26. The van der Waals surface area contributed by atoms with Crippen molar-refractivity contribution in [2.75, 3.05) is 19.8 Å². The minimum Gasteiger partial charge on any atom is -0.493 e. The quantitative estimate of drug-likeness (QED) is 0.258. The number of hydrogen-bond acceptors (Lipinski definition) is 6. The van der Waals surface area contributed by atoms with Gasteiger partial charge in [0.2, 0.25) is 0 Å². The van der Waals surface area contributed by atoms with Crippen LogP contribution in [0.3, 0.4) is 0 Å². The number of benzene rings is 3. The van der Waals surface area contributed by atoms with E-state index in [1.54, 1.807) is 18.3 Å². The van der Waals surface area contributed by atoms with E-state index in [0.29, 0.717) is 26.2 Å². The van der Waals surface area contributed by atoms with Crippen LogP contribution in [0.4, 0.5) is 0 Å². The monoisotopic (exact) mass is 477 g/mol. The largest absolute Gasteiger partial charge is 0.493 e. The molecule has 0 aliphatic rings. The van der Waals surface area contributed by atoms with Crippen molar-refractivity contribution in [2.24, 2.45) is 0 Å². The Morgan fingerprint density at radius 3 is 2.47 bits per heavy atom. The third-order valence-electron chi connectivity index (χ3n) is 5.19. The molecule has 0 radical (unpaired) electrons. The molecule has 4 rings (SSSR count). The van der Waals surface area contributed by atoms with E-state index in [4.69, 9.17) is 19.2 Å². The number of para-hydroxylation sites is 1. The molecule has 0 aliphatic carbocycles. The highest BCUT2D eigenvalue weighted by molar-refractivity contribution is 7.21. The smallest absolute Gasteiger partial charge is 0.333 e. The Bertz CT molecular complexity index is 1190. The summed E-state index contributed by atoms with van der Waals surface area (Å²) in [6.45, 7) is 3.21. The summed E-state index contributed by atoms with van der Waals surface area (Å²) in [4.78, 5) is 15.9. The van der Waals surface area contributed by atoms with Crippen molar-refractivity contribution in [1.29, 1.82) is 0 Å². The van der Waals surface area contributed by atoms with Crippen molar-refractivity contribution in [3.8, 4) is 22.1 Å². The summed E-state index contributed by atoms with van der Waals surface area (Å²) in [5, 5.41) is 10.2. The first-order valence-corrected chi connectivity index (χ1v) is 12.1. The molecule has 0 bridgehead atoms. The van der Waals surface area contributed by atoms with Gasteiger partial charge in [-0.05, 0) is 48.9 Å². The number of rotatable bonds is 12. The van der Waals surface area contributed by atoms with Crippen LogP contribution in [0.1, 0.15) is 18.9 Å². The molecule has 1 heterocycles. The van der Waals surface area contributed by atoms with E-state index in [1.807, 2.05) is 66.7 Å². The van der Waals surface area contributed by atoms with Gasteiger partial charge in [-0.15, -0.1) is 11.3 Å². The topological polar surface area (TPSA) is 77.9 Å². The summed E-state index contributed by atoms with van der Waals surface area (Å²) in [6.07, 6.45) is 0.230. The average molecular weight is 478 g/mol. The van der Waals surface area contributed by atoms with Gasteiger partial charge in [0, 0.05) is 25.0 Å². The number of fused-ring (bicyclic) bond motifs is 1. The molecule has 1 aromatic heterocycles. The summed E-state index contributed by atoms with van der Waals surface area (Å²) >= 11 is 1.67. The zero-order chi connectivity index (χ0) is 23.8. The van der Waals surface area contributed by atoms with Crippen LogP contribution in [-0.2, 0) is 16.0 Å². The predicted octanol–water partition coefficient (Wildman–Crippen LogP) is 5.84. The lowest BCUT2D eigenvalue weighted by molar-refractivity contribution is -0.149. The third kappa shape index (κ3) is 6.34. The standard InChI is InChI=1S/C27H27NO5S/c1-2-31-24(27(29)30)17-19-11-13-21(14-12-19)32-15-6-16-33-22-8-5-7-20(18-22)26-28-23-9-3-4-10-25(23)34-26/h3-5,7-14,18,24H,2,6,15-17H2,1H3,(H,29,30)/t24-/m0/s1. The third-order valence-corrected chi connectivity index (χ3v) is 6.27. The first-order valence-electron chi connectivity index (χ1n) is 11.3. The van der Waals surface area contributed by atoms with E-state index in [1.165, 1.54) is 4.70 Å². The molecular weight excluding hydrogens is 450 g/mol. The number of ether oxygens (including phenoxy) is 3. The van der Waals surface area contributed by atoms with Crippen molar-refractivity contribution in [3.05, 3.63) is 78.4 Å². The zero-order valence-electron chi connectivity index (χ0n) is 19.0. The SMILES string of the molecule is CCO[C@@H](Cc1ccc(OCCCOc2cccc(-c3nc4ccccc4s3)c2)cc1)C(=O)O. The first kappa shape index (κ1) is 23.7. The second kappa shape index (κ2) is 11.6. The number of carboxylic acid groups (broad SMARTS) is 1. The van der Waals surface area contributed by atoms with E-state index >= 15 is 0 Å². The minimum atomic E-state index is -0.951. The Labute approximate surface area is 202 Å². The number of nitrogens with zero attached hydrogens (tertiary/aromatic N) is 1. The fraction of sp³-hybridized carbons (Fsp3) is 0.259. The molecule has 0 saturated heterocycles. The van der Waals surface area contributed by atoms with Crippen LogP contribution in [0.5, 0.6) is 11.5 Å². The van der Waals surface area contributed by atoms with E-state index in [0.717, 1.165) is 39.6 Å². The van der Waals surface area contributed by atoms with Crippen LogP contribution < -0.4 is 9.47 Å². The Morgan fingerprint density at radius 1 is 0.971 bits per heavy atom. The zero-order valence-corrected chi connectivity index (χ0v) is 19.8. The maximum atomic E-state index is 11.2. The van der Waals surface area contributed by atoms with Gasteiger partial charge in [-0.1, -0.05) is 36.4 Å². The summed E-state index contributed by atoms with van der Waals surface area (Å²) < 4.78 is 18.1. The number of hydrogen-bond donors (Lipinski definition) is 1. The van der Waals surface area contributed by atoms with Gasteiger partial charge < -0.3 is 19.3 Å². The maximum Gasteiger partial charge on any atom is 0.333 e. The van der Waals surface area contributed by atoms with Gasteiger partial charge in [0.1, 0.15) is 16.5 Å². The highest BCUT2D eigenvalue weighted by Gasteiger charge is 2.17. The Kier molecular flexibility index (Phi) is 8.12. The molecule has 1 atom stereocenters. The summed E-state index contributed by atoms with van der Waals surface area (Å²) in [7, 11) is 0. The normalized spacial score (nSPS) is 11.9. The minimum absolute atomic E-state index is 0.327. The van der Waals surface area contributed by atoms with Crippen LogP contribution in [0.25, 0.3) is 20.8 Å². The highest BCUT2D eigenvalue weighted by atomic mass is 32.1. The Morgan fingerprint density at radius 2 is 1.74 bits per heavy atom. The van der Waals surface area contributed by atoms with Crippen LogP contribution in [0.15, 0.2) is 72.8 Å².